The number of carbonyl (C=O) groups is 1. The minimum atomic E-state index is -1.07. The molecule has 0 radical (unpaired) electrons. The maximum atomic E-state index is 10.8. The Morgan fingerprint density at radius 1 is 1.12 bits per heavy atom. The molecule has 2 N–H and O–H groups in total. The molecule has 0 bridgehead atoms. The van der Waals surface area contributed by atoms with Crippen LogP contribution in [0, 0.1) is 0 Å². The molecular weight excluding hydrogens is 284 g/mol. The molecule has 0 atom stereocenters. The van der Waals surface area contributed by atoms with Gasteiger partial charge >= 0.3 is 5.97 Å². The molecule has 0 aliphatic heterocycles. The van der Waals surface area contributed by atoms with Gasteiger partial charge in [0, 0.05) is 10.0 Å². The van der Waals surface area contributed by atoms with E-state index in [1.807, 2.05) is 30.3 Å². The molecule has 2 rings (SSSR count). The molecule has 0 aliphatic rings. The van der Waals surface area contributed by atoms with E-state index < -0.39 is 5.97 Å². The zero-order chi connectivity index (χ0) is 12.4. The van der Waals surface area contributed by atoms with Gasteiger partial charge in [-0.05, 0) is 33.6 Å². The third-order valence-electron chi connectivity index (χ3n) is 2.38. The van der Waals surface area contributed by atoms with Crippen molar-refractivity contribution in [3.05, 3.63) is 52.5 Å². The second-order valence-corrected chi connectivity index (χ2v) is 4.38. The van der Waals surface area contributed by atoms with Crippen LogP contribution in [0.4, 0.5) is 0 Å². The normalized spacial score (nSPS) is 10.2. The lowest BCUT2D eigenvalue weighted by Gasteiger charge is -2.08. The molecule has 0 aliphatic carbocycles. The van der Waals surface area contributed by atoms with Crippen LogP contribution in [0.15, 0.2) is 46.9 Å². The van der Waals surface area contributed by atoms with Crippen LogP contribution in [-0.4, -0.2) is 16.2 Å². The molecule has 0 spiro atoms. The van der Waals surface area contributed by atoms with Gasteiger partial charge < -0.3 is 10.2 Å². The van der Waals surface area contributed by atoms with Crippen LogP contribution in [0.5, 0.6) is 5.75 Å². The number of hydrogen-bond donors (Lipinski definition) is 2. The fraction of sp³-hybridized carbons (Fsp3) is 0. The minimum Gasteiger partial charge on any atom is -0.507 e. The van der Waals surface area contributed by atoms with Crippen molar-refractivity contribution in [1.82, 2.24) is 0 Å². The highest BCUT2D eigenvalue weighted by Crippen LogP contribution is 2.37. The van der Waals surface area contributed by atoms with Crippen molar-refractivity contribution in [2.75, 3.05) is 0 Å². The predicted octanol–water partition coefficient (Wildman–Crippen LogP) is 3.52. The van der Waals surface area contributed by atoms with Crippen molar-refractivity contribution in [2.45, 2.75) is 0 Å². The van der Waals surface area contributed by atoms with Crippen LogP contribution in [0.1, 0.15) is 10.4 Å². The zero-order valence-corrected chi connectivity index (χ0v) is 10.3. The number of aromatic carboxylic acids is 1. The summed E-state index contributed by atoms with van der Waals surface area (Å²) in [5.41, 5.74) is 1.47. The second-order valence-electron chi connectivity index (χ2n) is 3.52. The first-order valence-electron chi connectivity index (χ1n) is 4.91. The van der Waals surface area contributed by atoms with E-state index >= 15 is 0 Å². The third-order valence-corrected chi connectivity index (χ3v) is 3.00. The molecular formula is C13H9BrO3. The molecule has 0 heterocycles. The number of phenolic OH excluding ortho intramolecular Hbond substituents is 1. The first kappa shape index (κ1) is 11.7. The van der Waals surface area contributed by atoms with E-state index in [0.29, 0.717) is 10.0 Å². The third kappa shape index (κ3) is 2.31. The lowest BCUT2D eigenvalue weighted by Crippen LogP contribution is -1.96. The number of carboxylic acids is 1. The summed E-state index contributed by atoms with van der Waals surface area (Å²) in [5.74, 6) is -1.12. The maximum absolute atomic E-state index is 10.8. The number of benzene rings is 2. The van der Waals surface area contributed by atoms with E-state index in [1.165, 1.54) is 12.1 Å². The molecule has 17 heavy (non-hydrogen) atoms. The van der Waals surface area contributed by atoms with Crippen molar-refractivity contribution in [2.24, 2.45) is 0 Å². The summed E-state index contributed by atoms with van der Waals surface area (Å²) >= 11 is 3.28. The van der Waals surface area contributed by atoms with Crippen molar-refractivity contribution < 1.29 is 15.0 Å². The van der Waals surface area contributed by atoms with E-state index in [4.69, 9.17) is 5.11 Å². The lowest BCUT2D eigenvalue weighted by molar-refractivity contribution is 0.0696. The summed E-state index contributed by atoms with van der Waals surface area (Å²) in [7, 11) is 0. The van der Waals surface area contributed by atoms with E-state index in [2.05, 4.69) is 15.9 Å². The first-order valence-corrected chi connectivity index (χ1v) is 5.70. The van der Waals surface area contributed by atoms with Gasteiger partial charge in [0.05, 0.1) is 5.56 Å². The topological polar surface area (TPSA) is 57.5 Å². The molecule has 0 saturated heterocycles. The number of rotatable bonds is 2. The highest BCUT2D eigenvalue weighted by Gasteiger charge is 2.13. The van der Waals surface area contributed by atoms with E-state index in [-0.39, 0.29) is 11.3 Å². The van der Waals surface area contributed by atoms with Gasteiger partial charge in [-0.15, -0.1) is 0 Å². The SMILES string of the molecule is O=C(O)c1cc(O)c(-c2ccccc2)c(Br)c1. The molecule has 0 saturated carbocycles. The van der Waals surface area contributed by atoms with Crippen molar-refractivity contribution in [3.8, 4) is 16.9 Å². The number of aromatic hydroxyl groups is 1. The number of hydrogen-bond acceptors (Lipinski definition) is 2. The van der Waals surface area contributed by atoms with Crippen LogP contribution < -0.4 is 0 Å². The lowest BCUT2D eigenvalue weighted by atomic mass is 10.0. The quantitative estimate of drug-likeness (QED) is 0.890. The highest BCUT2D eigenvalue weighted by atomic mass is 79.9. The molecule has 0 fully saturated rings. The van der Waals surface area contributed by atoms with Crippen LogP contribution in [0.25, 0.3) is 11.1 Å². The van der Waals surface area contributed by atoms with Gasteiger partial charge in [0.2, 0.25) is 0 Å². The van der Waals surface area contributed by atoms with Crippen LogP contribution in [0.2, 0.25) is 0 Å². The van der Waals surface area contributed by atoms with Crippen LogP contribution in [-0.2, 0) is 0 Å². The smallest absolute Gasteiger partial charge is 0.335 e. The fourth-order valence-electron chi connectivity index (χ4n) is 1.61. The standard InChI is InChI=1S/C13H9BrO3/c14-10-6-9(13(16)17)7-11(15)12(10)8-4-2-1-3-5-8/h1-7,15H,(H,16,17). The van der Waals surface area contributed by atoms with Gasteiger partial charge in [0.1, 0.15) is 5.75 Å². The summed E-state index contributed by atoms with van der Waals surface area (Å²) in [6.45, 7) is 0. The molecule has 86 valence electrons. The minimum absolute atomic E-state index is 0.0501. The van der Waals surface area contributed by atoms with Gasteiger partial charge in [0.25, 0.3) is 0 Å². The summed E-state index contributed by atoms with van der Waals surface area (Å²) in [5, 5.41) is 18.7. The van der Waals surface area contributed by atoms with E-state index in [9.17, 15) is 9.90 Å². The van der Waals surface area contributed by atoms with Crippen molar-refractivity contribution in [1.29, 1.82) is 0 Å². The maximum Gasteiger partial charge on any atom is 0.335 e. The van der Waals surface area contributed by atoms with Gasteiger partial charge in [-0.3, -0.25) is 0 Å². The molecule has 2 aromatic rings. The zero-order valence-electron chi connectivity index (χ0n) is 8.72. The van der Waals surface area contributed by atoms with E-state index in [1.54, 1.807) is 0 Å². The van der Waals surface area contributed by atoms with Crippen molar-refractivity contribution >= 4 is 21.9 Å². The van der Waals surface area contributed by atoms with Gasteiger partial charge in [0.15, 0.2) is 0 Å². The van der Waals surface area contributed by atoms with Gasteiger partial charge in [-0.2, -0.15) is 0 Å². The number of carboxylic acid groups (broad SMARTS) is 1. The van der Waals surface area contributed by atoms with Crippen molar-refractivity contribution in [3.63, 3.8) is 0 Å². The van der Waals surface area contributed by atoms with Gasteiger partial charge in [-0.25, -0.2) is 4.79 Å². The fourth-order valence-corrected chi connectivity index (χ4v) is 2.28. The Kier molecular flexibility index (Phi) is 3.15. The Balaban J connectivity index is 2.61. The molecule has 0 unspecified atom stereocenters. The molecule has 0 amide bonds. The second kappa shape index (κ2) is 4.59. The van der Waals surface area contributed by atoms with Gasteiger partial charge in [-0.1, -0.05) is 30.3 Å². The average Bonchev–Trinajstić information content (AvgIpc) is 2.29. The summed E-state index contributed by atoms with van der Waals surface area (Å²) < 4.78 is 0.557. The van der Waals surface area contributed by atoms with E-state index in [0.717, 1.165) is 5.56 Å². The highest BCUT2D eigenvalue weighted by molar-refractivity contribution is 9.10. The predicted molar refractivity (Wildman–Crippen MR) is 68.2 cm³/mol. The molecule has 2 aromatic carbocycles. The molecule has 4 heteroatoms. The first-order chi connectivity index (χ1) is 8.09. The number of phenols is 1. The Bertz CT molecular complexity index is 541. The Hall–Kier alpha value is -1.81. The Morgan fingerprint density at radius 3 is 2.29 bits per heavy atom. The Morgan fingerprint density at radius 2 is 1.76 bits per heavy atom. The molecule has 0 aromatic heterocycles. The monoisotopic (exact) mass is 292 g/mol. The summed E-state index contributed by atoms with van der Waals surface area (Å²) in [6.07, 6.45) is 0. The summed E-state index contributed by atoms with van der Waals surface area (Å²) in [4.78, 5) is 10.8. The average molecular weight is 293 g/mol. The van der Waals surface area contributed by atoms with Crippen LogP contribution in [0.3, 0.4) is 0 Å². The number of halogens is 1. The summed E-state index contributed by atoms with van der Waals surface area (Å²) in [6, 6.07) is 12.0. The Labute approximate surface area is 106 Å². The van der Waals surface area contributed by atoms with Crippen LogP contribution >= 0.6 is 15.9 Å². The molecule has 3 nitrogen and oxygen atoms in total. The largest absolute Gasteiger partial charge is 0.507 e.